The molecule has 0 unspecified atom stereocenters. The summed E-state index contributed by atoms with van der Waals surface area (Å²) in [4.78, 5) is 1.17. The van der Waals surface area contributed by atoms with E-state index in [1.807, 2.05) is 27.7 Å². The predicted molar refractivity (Wildman–Crippen MR) is 85.4 cm³/mol. The van der Waals surface area contributed by atoms with Gasteiger partial charge in [0.15, 0.2) is 0 Å². The first-order chi connectivity index (χ1) is 8.70. The summed E-state index contributed by atoms with van der Waals surface area (Å²) in [5.74, 6) is 0.604. The molecular formula is C12H19BrClNO2S2. The second-order valence-corrected chi connectivity index (χ2v) is 9.63. The van der Waals surface area contributed by atoms with Gasteiger partial charge in [-0.25, -0.2) is 8.42 Å². The molecule has 1 aromatic heterocycles. The second-order valence-electron chi connectivity index (χ2n) is 5.05. The highest BCUT2D eigenvalue weighted by Gasteiger charge is 2.30. The Bertz CT molecular complexity index is 526. The lowest BCUT2D eigenvalue weighted by Crippen LogP contribution is -2.39. The molecule has 0 aliphatic heterocycles. The summed E-state index contributed by atoms with van der Waals surface area (Å²) in [5.41, 5.74) is 0. The van der Waals surface area contributed by atoms with Crippen molar-refractivity contribution in [1.29, 1.82) is 0 Å². The quantitative estimate of drug-likeness (QED) is 0.681. The van der Waals surface area contributed by atoms with Crippen LogP contribution < -0.4 is 0 Å². The van der Waals surface area contributed by atoms with E-state index in [9.17, 15) is 8.42 Å². The van der Waals surface area contributed by atoms with Crippen LogP contribution >= 0.6 is 38.9 Å². The highest BCUT2D eigenvalue weighted by molar-refractivity contribution is 9.11. The minimum Gasteiger partial charge on any atom is -0.207 e. The first-order valence-electron chi connectivity index (χ1n) is 6.06. The number of hydrogen-bond donors (Lipinski definition) is 0. The van der Waals surface area contributed by atoms with Crippen molar-refractivity contribution in [3.05, 3.63) is 14.7 Å². The van der Waals surface area contributed by atoms with Gasteiger partial charge in [0.05, 0.1) is 9.67 Å². The van der Waals surface area contributed by atoms with Crippen molar-refractivity contribution in [3.8, 4) is 0 Å². The topological polar surface area (TPSA) is 37.4 Å². The van der Waals surface area contributed by atoms with E-state index in [0.717, 1.165) is 4.88 Å². The Morgan fingerprint density at radius 2 is 1.95 bits per heavy atom. The highest BCUT2D eigenvalue weighted by Crippen LogP contribution is 2.35. The lowest BCUT2D eigenvalue weighted by Gasteiger charge is -2.27. The zero-order chi connectivity index (χ0) is 14.8. The van der Waals surface area contributed by atoms with E-state index in [2.05, 4.69) is 15.9 Å². The van der Waals surface area contributed by atoms with Crippen LogP contribution in [-0.2, 0) is 15.9 Å². The van der Waals surface area contributed by atoms with Gasteiger partial charge in [0.1, 0.15) is 4.90 Å². The van der Waals surface area contributed by atoms with Crippen LogP contribution in [0.25, 0.3) is 0 Å². The number of rotatable bonds is 6. The number of nitrogens with zero attached hydrogens (tertiary/aromatic N) is 1. The fourth-order valence-corrected chi connectivity index (χ4v) is 6.24. The van der Waals surface area contributed by atoms with Gasteiger partial charge in [-0.1, -0.05) is 13.8 Å². The maximum Gasteiger partial charge on any atom is 0.245 e. The molecule has 0 spiro atoms. The molecule has 0 aliphatic rings. The van der Waals surface area contributed by atoms with E-state index < -0.39 is 10.0 Å². The predicted octanol–water partition coefficient (Wildman–Crippen LogP) is 4.30. The summed E-state index contributed by atoms with van der Waals surface area (Å²) in [5, 5.41) is 0. The summed E-state index contributed by atoms with van der Waals surface area (Å²) in [7, 11) is -3.48. The minimum atomic E-state index is -3.48. The van der Waals surface area contributed by atoms with Crippen LogP contribution in [-0.4, -0.2) is 25.3 Å². The Morgan fingerprint density at radius 3 is 2.32 bits per heavy atom. The molecule has 0 bridgehead atoms. The van der Waals surface area contributed by atoms with Crippen LogP contribution in [0, 0.1) is 5.92 Å². The zero-order valence-corrected chi connectivity index (χ0v) is 15.5. The average molecular weight is 389 g/mol. The Labute approximate surface area is 133 Å². The summed E-state index contributed by atoms with van der Waals surface area (Å²) < 4.78 is 27.6. The molecule has 0 N–H and O–H groups in total. The highest BCUT2D eigenvalue weighted by atomic mass is 79.9. The van der Waals surface area contributed by atoms with Crippen LogP contribution in [0.1, 0.15) is 32.6 Å². The molecule has 7 heteroatoms. The molecule has 0 aromatic carbocycles. The standard InChI is InChI=1S/C12H19BrClNO2S2/c1-8(2)7-15(9(3)4)19(16,17)11-5-10(6-14)18-12(11)13/h5,8-9H,6-7H2,1-4H3. The van der Waals surface area contributed by atoms with E-state index in [1.165, 1.54) is 11.3 Å². The van der Waals surface area contributed by atoms with Crippen LogP contribution in [0.4, 0.5) is 0 Å². The molecule has 0 saturated carbocycles. The summed E-state index contributed by atoms with van der Waals surface area (Å²) in [6.45, 7) is 8.32. The molecule has 0 atom stereocenters. The second kappa shape index (κ2) is 6.89. The van der Waals surface area contributed by atoms with E-state index >= 15 is 0 Å². The molecule has 0 amide bonds. The lowest BCUT2D eigenvalue weighted by atomic mass is 10.2. The molecule has 19 heavy (non-hydrogen) atoms. The monoisotopic (exact) mass is 387 g/mol. The summed E-state index contributed by atoms with van der Waals surface area (Å²) >= 11 is 10.5. The lowest BCUT2D eigenvalue weighted by molar-refractivity contribution is 0.319. The van der Waals surface area contributed by atoms with Gasteiger partial charge in [-0.3, -0.25) is 0 Å². The van der Waals surface area contributed by atoms with Crippen molar-refractivity contribution in [3.63, 3.8) is 0 Å². The molecule has 3 nitrogen and oxygen atoms in total. The third-order valence-corrected chi connectivity index (χ3v) is 7.29. The molecule has 1 heterocycles. The maximum atomic E-state index is 12.7. The van der Waals surface area contributed by atoms with Crippen LogP contribution in [0.15, 0.2) is 14.7 Å². The van der Waals surface area contributed by atoms with Crippen LogP contribution in [0.2, 0.25) is 0 Å². The number of alkyl halides is 1. The number of hydrogen-bond acceptors (Lipinski definition) is 3. The van der Waals surface area contributed by atoms with E-state index in [1.54, 1.807) is 10.4 Å². The van der Waals surface area contributed by atoms with Gasteiger partial charge in [0.25, 0.3) is 0 Å². The van der Waals surface area contributed by atoms with Gasteiger partial charge in [0, 0.05) is 17.5 Å². The first-order valence-corrected chi connectivity index (χ1v) is 9.64. The Balaban J connectivity index is 3.22. The van der Waals surface area contributed by atoms with Crippen molar-refractivity contribution in [2.24, 2.45) is 5.92 Å². The Morgan fingerprint density at radius 1 is 1.37 bits per heavy atom. The van der Waals surface area contributed by atoms with E-state index in [4.69, 9.17) is 11.6 Å². The van der Waals surface area contributed by atoms with Crippen LogP contribution in [0.5, 0.6) is 0 Å². The fraction of sp³-hybridized carbons (Fsp3) is 0.667. The van der Waals surface area contributed by atoms with Gasteiger partial charge >= 0.3 is 0 Å². The van der Waals surface area contributed by atoms with Crippen molar-refractivity contribution in [2.75, 3.05) is 6.54 Å². The largest absolute Gasteiger partial charge is 0.245 e. The molecular weight excluding hydrogens is 370 g/mol. The van der Waals surface area contributed by atoms with Gasteiger partial charge in [0.2, 0.25) is 10.0 Å². The molecule has 1 aromatic rings. The summed E-state index contributed by atoms with van der Waals surface area (Å²) in [6.07, 6.45) is 0. The molecule has 1 rings (SSSR count). The van der Waals surface area contributed by atoms with Crippen molar-refractivity contribution < 1.29 is 8.42 Å². The first kappa shape index (κ1) is 17.4. The van der Waals surface area contributed by atoms with Gasteiger partial charge in [-0.15, -0.1) is 22.9 Å². The number of sulfonamides is 1. The minimum absolute atomic E-state index is 0.0707. The third-order valence-electron chi connectivity index (χ3n) is 2.55. The number of halogens is 2. The van der Waals surface area contributed by atoms with E-state index in [0.29, 0.717) is 21.1 Å². The molecule has 0 radical (unpaired) electrons. The normalized spacial score (nSPS) is 12.9. The SMILES string of the molecule is CC(C)CN(C(C)C)S(=O)(=O)c1cc(CCl)sc1Br. The van der Waals surface area contributed by atoms with E-state index in [-0.39, 0.29) is 12.0 Å². The molecule has 0 aliphatic carbocycles. The van der Waals surface area contributed by atoms with Crippen molar-refractivity contribution >= 4 is 48.9 Å². The molecule has 0 saturated heterocycles. The fourth-order valence-electron chi connectivity index (χ4n) is 1.71. The maximum absolute atomic E-state index is 12.7. The molecule has 0 fully saturated rings. The third kappa shape index (κ3) is 4.17. The van der Waals surface area contributed by atoms with Gasteiger partial charge in [-0.05, 0) is 41.8 Å². The smallest absolute Gasteiger partial charge is 0.207 e. The summed E-state index contributed by atoms with van der Waals surface area (Å²) in [6, 6.07) is 1.59. The van der Waals surface area contributed by atoms with Gasteiger partial charge < -0.3 is 0 Å². The zero-order valence-electron chi connectivity index (χ0n) is 11.5. The average Bonchev–Trinajstić information content (AvgIpc) is 2.67. The van der Waals surface area contributed by atoms with Crippen LogP contribution in [0.3, 0.4) is 0 Å². The van der Waals surface area contributed by atoms with Crippen molar-refractivity contribution in [2.45, 2.75) is 44.5 Å². The Hall–Kier alpha value is 0.380. The molecule has 110 valence electrons. The number of thiophene rings is 1. The van der Waals surface area contributed by atoms with Gasteiger partial charge in [-0.2, -0.15) is 4.31 Å². The Kier molecular flexibility index (Phi) is 6.32. The van der Waals surface area contributed by atoms with Crippen molar-refractivity contribution in [1.82, 2.24) is 4.31 Å².